The number of methoxy groups -OCH3 is 1. The van der Waals surface area contributed by atoms with Gasteiger partial charge in [0.2, 0.25) is 11.8 Å². The van der Waals surface area contributed by atoms with Crippen LogP contribution in [0.1, 0.15) is 42.4 Å². The number of ether oxygens (including phenoxy) is 1. The zero-order valence-corrected chi connectivity index (χ0v) is 23.5. The van der Waals surface area contributed by atoms with Crippen LogP contribution in [-0.4, -0.2) is 46.6 Å². The maximum Gasteiger partial charge on any atom is 0.269 e. The van der Waals surface area contributed by atoms with Crippen LogP contribution in [0.4, 0.5) is 5.69 Å². The highest BCUT2D eigenvalue weighted by atomic mass is 32.2. The summed E-state index contributed by atoms with van der Waals surface area (Å²) in [6.45, 7) is 0.268. The molecule has 1 unspecified atom stereocenters. The summed E-state index contributed by atoms with van der Waals surface area (Å²) in [7, 11) is 1.60. The van der Waals surface area contributed by atoms with Gasteiger partial charge >= 0.3 is 0 Å². The third-order valence-corrected chi connectivity index (χ3v) is 8.09. The summed E-state index contributed by atoms with van der Waals surface area (Å²) in [5.41, 5.74) is 2.78. The maximum atomic E-state index is 13.8. The van der Waals surface area contributed by atoms with Crippen molar-refractivity contribution < 1.29 is 19.2 Å². The van der Waals surface area contributed by atoms with Crippen molar-refractivity contribution in [1.29, 1.82) is 0 Å². The number of nitrogens with one attached hydrogen (secondary N) is 1. The predicted molar refractivity (Wildman–Crippen MR) is 157 cm³/mol. The standard InChI is InChI=1S/C31H35N3O5S/c1-39-28-13-7-10-25(18-28)20-33(30(35)22-40-21-24-14-16-27(17-15-24)34(37)38)29(19-23-8-3-2-4-9-23)31(36)32-26-11-5-6-12-26/h2-4,7-10,13-18,26,29H,5-6,11-12,19-22H2,1H3,(H,32,36). The molecule has 0 spiro atoms. The molecule has 0 saturated heterocycles. The molecule has 0 bridgehead atoms. The Morgan fingerprint density at radius 3 is 2.38 bits per heavy atom. The molecule has 1 saturated carbocycles. The van der Waals surface area contributed by atoms with Gasteiger partial charge in [-0.05, 0) is 41.7 Å². The number of non-ortho nitro benzene ring substituents is 1. The van der Waals surface area contributed by atoms with Crippen molar-refractivity contribution in [3.8, 4) is 5.75 Å². The van der Waals surface area contributed by atoms with Crippen molar-refractivity contribution in [3.05, 3.63) is 106 Å². The lowest BCUT2D eigenvalue weighted by Gasteiger charge is -2.32. The van der Waals surface area contributed by atoms with Gasteiger partial charge in [-0.15, -0.1) is 11.8 Å². The van der Waals surface area contributed by atoms with Crippen LogP contribution in [0.15, 0.2) is 78.9 Å². The SMILES string of the molecule is COc1cccc(CN(C(=O)CSCc2ccc([N+](=O)[O-])cc2)C(Cc2ccccc2)C(=O)NC2CCCC2)c1. The molecule has 1 aliphatic carbocycles. The largest absolute Gasteiger partial charge is 0.497 e. The number of carbonyl (C=O) groups excluding carboxylic acids is 2. The monoisotopic (exact) mass is 561 g/mol. The van der Waals surface area contributed by atoms with E-state index in [0.717, 1.165) is 42.4 Å². The van der Waals surface area contributed by atoms with E-state index in [1.807, 2.05) is 54.6 Å². The van der Waals surface area contributed by atoms with Crippen LogP contribution in [0.25, 0.3) is 0 Å². The highest BCUT2D eigenvalue weighted by Crippen LogP contribution is 2.23. The fourth-order valence-corrected chi connectivity index (χ4v) is 5.81. The number of rotatable bonds is 13. The van der Waals surface area contributed by atoms with E-state index in [9.17, 15) is 19.7 Å². The van der Waals surface area contributed by atoms with Gasteiger partial charge in [0.25, 0.3) is 5.69 Å². The Hall–Kier alpha value is -3.85. The minimum Gasteiger partial charge on any atom is -0.497 e. The average Bonchev–Trinajstić information content (AvgIpc) is 3.48. The average molecular weight is 562 g/mol. The predicted octanol–water partition coefficient (Wildman–Crippen LogP) is 5.54. The number of nitrogens with zero attached hydrogens (tertiary/aromatic N) is 2. The maximum absolute atomic E-state index is 13.8. The third-order valence-electron chi connectivity index (χ3n) is 7.10. The molecular weight excluding hydrogens is 526 g/mol. The first kappa shape index (κ1) is 29.1. The molecule has 1 N–H and O–H groups in total. The Balaban J connectivity index is 1.55. The van der Waals surface area contributed by atoms with E-state index >= 15 is 0 Å². The molecule has 8 nitrogen and oxygen atoms in total. The molecule has 0 aromatic heterocycles. The van der Waals surface area contributed by atoms with E-state index in [0.29, 0.717) is 17.9 Å². The number of hydrogen-bond acceptors (Lipinski definition) is 6. The van der Waals surface area contributed by atoms with E-state index in [2.05, 4.69) is 5.32 Å². The molecule has 3 aromatic carbocycles. The molecule has 4 rings (SSSR count). The summed E-state index contributed by atoms with van der Waals surface area (Å²) in [6.07, 6.45) is 4.51. The van der Waals surface area contributed by atoms with E-state index in [4.69, 9.17) is 4.74 Å². The lowest BCUT2D eigenvalue weighted by atomic mass is 10.0. The number of amides is 2. The van der Waals surface area contributed by atoms with Crippen molar-refractivity contribution in [2.24, 2.45) is 0 Å². The van der Waals surface area contributed by atoms with E-state index < -0.39 is 11.0 Å². The smallest absolute Gasteiger partial charge is 0.269 e. The van der Waals surface area contributed by atoms with Crippen molar-refractivity contribution >= 4 is 29.3 Å². The fourth-order valence-electron chi connectivity index (χ4n) is 4.94. The Morgan fingerprint density at radius 2 is 1.70 bits per heavy atom. The quantitative estimate of drug-likeness (QED) is 0.217. The highest BCUT2D eigenvalue weighted by molar-refractivity contribution is 7.99. The molecule has 40 heavy (non-hydrogen) atoms. The molecule has 0 radical (unpaired) electrons. The summed E-state index contributed by atoms with van der Waals surface area (Å²) in [5.74, 6) is 1.11. The van der Waals surface area contributed by atoms with Crippen LogP contribution in [0.2, 0.25) is 0 Å². The minimum atomic E-state index is -0.679. The normalized spacial score (nSPS) is 13.9. The Bertz CT molecular complexity index is 1280. The van der Waals surface area contributed by atoms with Crippen LogP contribution in [-0.2, 0) is 28.3 Å². The van der Waals surface area contributed by atoms with Crippen LogP contribution in [0.5, 0.6) is 5.75 Å². The topological polar surface area (TPSA) is 102 Å². The van der Waals surface area contributed by atoms with Gasteiger partial charge in [-0.3, -0.25) is 19.7 Å². The van der Waals surface area contributed by atoms with Crippen LogP contribution < -0.4 is 10.1 Å². The van der Waals surface area contributed by atoms with Crippen molar-refractivity contribution in [1.82, 2.24) is 10.2 Å². The highest BCUT2D eigenvalue weighted by Gasteiger charge is 2.32. The van der Waals surface area contributed by atoms with E-state index in [1.165, 1.54) is 23.9 Å². The summed E-state index contributed by atoms with van der Waals surface area (Å²) < 4.78 is 5.40. The Morgan fingerprint density at radius 1 is 1.00 bits per heavy atom. The van der Waals surface area contributed by atoms with Crippen LogP contribution in [0, 0.1) is 10.1 Å². The Kier molecular flexibility index (Phi) is 10.6. The molecule has 1 fully saturated rings. The lowest BCUT2D eigenvalue weighted by Crippen LogP contribution is -2.52. The second-order valence-electron chi connectivity index (χ2n) is 9.99. The van der Waals surface area contributed by atoms with Crippen molar-refractivity contribution in [2.75, 3.05) is 12.9 Å². The first-order valence-electron chi connectivity index (χ1n) is 13.5. The van der Waals surface area contributed by atoms with Gasteiger partial charge in [0.05, 0.1) is 17.8 Å². The molecule has 3 aromatic rings. The molecule has 1 atom stereocenters. The molecule has 210 valence electrons. The van der Waals surface area contributed by atoms with Gasteiger partial charge < -0.3 is 15.0 Å². The fraction of sp³-hybridized carbons (Fsp3) is 0.355. The number of hydrogen-bond donors (Lipinski definition) is 1. The summed E-state index contributed by atoms with van der Waals surface area (Å²) in [5, 5.41) is 14.2. The second-order valence-corrected chi connectivity index (χ2v) is 11.0. The number of nitro benzene ring substituents is 1. The minimum absolute atomic E-state index is 0.0336. The van der Waals surface area contributed by atoms with Gasteiger partial charge in [-0.1, -0.05) is 67.4 Å². The molecule has 9 heteroatoms. The number of carbonyl (C=O) groups is 2. The summed E-state index contributed by atoms with van der Waals surface area (Å²) >= 11 is 1.43. The first-order chi connectivity index (χ1) is 19.4. The Labute approximate surface area is 239 Å². The molecule has 0 heterocycles. The van der Waals surface area contributed by atoms with Gasteiger partial charge in [-0.2, -0.15) is 0 Å². The van der Waals surface area contributed by atoms with Crippen molar-refractivity contribution in [3.63, 3.8) is 0 Å². The number of nitro groups is 1. The van der Waals surface area contributed by atoms with Gasteiger partial charge in [-0.25, -0.2) is 0 Å². The van der Waals surface area contributed by atoms with E-state index in [1.54, 1.807) is 24.1 Å². The van der Waals surface area contributed by atoms with Gasteiger partial charge in [0, 0.05) is 36.9 Å². The zero-order chi connectivity index (χ0) is 28.3. The van der Waals surface area contributed by atoms with Gasteiger partial charge in [0.1, 0.15) is 11.8 Å². The second kappa shape index (κ2) is 14.5. The summed E-state index contributed by atoms with van der Waals surface area (Å²) in [4.78, 5) is 39.8. The lowest BCUT2D eigenvalue weighted by molar-refractivity contribution is -0.384. The van der Waals surface area contributed by atoms with Gasteiger partial charge in [0.15, 0.2) is 0 Å². The molecule has 2 amide bonds. The molecule has 0 aliphatic heterocycles. The zero-order valence-electron chi connectivity index (χ0n) is 22.7. The number of thioether (sulfide) groups is 1. The first-order valence-corrected chi connectivity index (χ1v) is 14.7. The van der Waals surface area contributed by atoms with Crippen LogP contribution >= 0.6 is 11.8 Å². The van der Waals surface area contributed by atoms with E-state index in [-0.39, 0.29) is 35.8 Å². The summed E-state index contributed by atoms with van der Waals surface area (Å²) in [6, 6.07) is 23.1. The molecular formula is C31H35N3O5S. The number of benzene rings is 3. The van der Waals surface area contributed by atoms with Crippen molar-refractivity contribution in [2.45, 2.75) is 56.5 Å². The third kappa shape index (κ3) is 8.32. The van der Waals surface area contributed by atoms with Crippen LogP contribution in [0.3, 0.4) is 0 Å². The molecule has 1 aliphatic rings.